The molecule has 62 valence electrons. The van der Waals surface area contributed by atoms with Gasteiger partial charge >= 0.3 is 0 Å². The third-order valence-electron chi connectivity index (χ3n) is 2.28. The van der Waals surface area contributed by atoms with E-state index in [0.29, 0.717) is 10.1 Å². The van der Waals surface area contributed by atoms with E-state index in [2.05, 4.69) is 21.2 Å². The first-order valence-corrected chi connectivity index (χ1v) is 5.70. The molecule has 1 amide bonds. The van der Waals surface area contributed by atoms with Crippen molar-refractivity contribution < 1.29 is 4.79 Å². The Morgan fingerprint density at radius 1 is 1.64 bits per heavy atom. The smallest absolute Gasteiger partial charge is 0.233 e. The number of piperidine rings is 1. The predicted molar refractivity (Wildman–Crippen MR) is 49.8 cm³/mol. The van der Waals surface area contributed by atoms with Crippen LogP contribution < -0.4 is 5.32 Å². The summed E-state index contributed by atoms with van der Waals surface area (Å²) in [4.78, 5) is 11.3. The Morgan fingerprint density at radius 2 is 2.45 bits per heavy atom. The molecule has 2 rings (SSSR count). The van der Waals surface area contributed by atoms with Crippen molar-refractivity contribution in [3.8, 4) is 0 Å². The van der Waals surface area contributed by atoms with Crippen LogP contribution in [0, 0.1) is 5.92 Å². The van der Waals surface area contributed by atoms with Gasteiger partial charge in [-0.05, 0) is 18.8 Å². The SMILES string of the molecule is O=C1NCCC2CC(Br)SC12. The number of hydrogen-bond acceptors (Lipinski definition) is 2. The summed E-state index contributed by atoms with van der Waals surface area (Å²) in [5.41, 5.74) is 0. The fourth-order valence-corrected chi connectivity index (χ4v) is 4.24. The lowest BCUT2D eigenvalue weighted by molar-refractivity contribution is -0.122. The van der Waals surface area contributed by atoms with Crippen LogP contribution in [0.15, 0.2) is 0 Å². The summed E-state index contributed by atoms with van der Waals surface area (Å²) in [6.07, 6.45) is 2.31. The topological polar surface area (TPSA) is 29.1 Å². The highest BCUT2D eigenvalue weighted by Crippen LogP contribution is 2.44. The summed E-state index contributed by atoms with van der Waals surface area (Å²) in [6, 6.07) is 0. The van der Waals surface area contributed by atoms with Gasteiger partial charge in [0.05, 0.1) is 9.41 Å². The molecule has 2 nitrogen and oxygen atoms in total. The molecule has 2 saturated heterocycles. The van der Waals surface area contributed by atoms with Crippen LogP contribution in [0.1, 0.15) is 12.8 Å². The number of halogens is 1. The molecule has 0 aliphatic carbocycles. The summed E-state index contributed by atoms with van der Waals surface area (Å²) in [7, 11) is 0. The lowest BCUT2D eigenvalue weighted by Gasteiger charge is -2.23. The van der Waals surface area contributed by atoms with Crippen molar-refractivity contribution in [2.75, 3.05) is 6.54 Å². The Hall–Kier alpha value is 0.300. The number of fused-ring (bicyclic) bond motifs is 1. The second-order valence-electron chi connectivity index (χ2n) is 3.04. The van der Waals surface area contributed by atoms with E-state index in [1.165, 1.54) is 0 Å². The number of carbonyl (C=O) groups is 1. The Morgan fingerprint density at radius 3 is 3.18 bits per heavy atom. The van der Waals surface area contributed by atoms with Crippen LogP contribution in [0.2, 0.25) is 0 Å². The van der Waals surface area contributed by atoms with Gasteiger partial charge in [0.15, 0.2) is 0 Å². The van der Waals surface area contributed by atoms with Gasteiger partial charge in [0.1, 0.15) is 0 Å². The summed E-state index contributed by atoms with van der Waals surface area (Å²) in [5.74, 6) is 0.867. The van der Waals surface area contributed by atoms with Gasteiger partial charge in [-0.15, -0.1) is 11.8 Å². The minimum absolute atomic E-state index is 0.230. The van der Waals surface area contributed by atoms with Crippen molar-refractivity contribution in [1.29, 1.82) is 0 Å². The number of thioether (sulfide) groups is 1. The monoisotopic (exact) mass is 235 g/mol. The van der Waals surface area contributed by atoms with Gasteiger partial charge in [-0.1, -0.05) is 15.9 Å². The maximum absolute atomic E-state index is 11.3. The Bertz CT molecular complexity index is 187. The molecule has 0 aromatic heterocycles. The molecule has 0 aromatic carbocycles. The first-order chi connectivity index (χ1) is 5.27. The molecule has 2 heterocycles. The summed E-state index contributed by atoms with van der Waals surface area (Å²) in [5, 5.41) is 3.12. The number of alkyl halides is 1. The van der Waals surface area contributed by atoms with E-state index in [1.807, 2.05) is 0 Å². The fraction of sp³-hybridized carbons (Fsp3) is 0.857. The number of rotatable bonds is 0. The zero-order chi connectivity index (χ0) is 7.84. The van der Waals surface area contributed by atoms with Crippen LogP contribution in [-0.4, -0.2) is 21.9 Å². The third-order valence-corrected chi connectivity index (χ3v) is 4.68. The molecule has 0 radical (unpaired) electrons. The minimum atomic E-state index is 0.230. The van der Waals surface area contributed by atoms with E-state index in [4.69, 9.17) is 0 Å². The first-order valence-electron chi connectivity index (χ1n) is 3.84. The molecular weight excluding hydrogens is 226 g/mol. The highest BCUT2D eigenvalue weighted by Gasteiger charge is 2.40. The van der Waals surface area contributed by atoms with Crippen molar-refractivity contribution >= 4 is 33.6 Å². The second-order valence-corrected chi connectivity index (χ2v) is 6.10. The molecule has 11 heavy (non-hydrogen) atoms. The molecular formula is C7H10BrNOS. The van der Waals surface area contributed by atoms with Gasteiger partial charge in [-0.3, -0.25) is 4.79 Å². The van der Waals surface area contributed by atoms with Crippen LogP contribution in [0.3, 0.4) is 0 Å². The number of nitrogens with one attached hydrogen (secondary N) is 1. The number of hydrogen-bond donors (Lipinski definition) is 1. The van der Waals surface area contributed by atoms with Gasteiger partial charge in [-0.2, -0.15) is 0 Å². The van der Waals surface area contributed by atoms with Crippen molar-refractivity contribution in [3.63, 3.8) is 0 Å². The molecule has 2 aliphatic heterocycles. The molecule has 0 aromatic rings. The standard InChI is InChI=1S/C7H10BrNOS/c8-5-3-4-1-2-9-7(10)6(4)11-5/h4-6H,1-3H2,(H,9,10). The Balaban J connectivity index is 2.09. The maximum atomic E-state index is 11.3. The fourth-order valence-electron chi connectivity index (χ4n) is 1.71. The maximum Gasteiger partial charge on any atom is 0.233 e. The third kappa shape index (κ3) is 1.43. The molecule has 1 N–H and O–H groups in total. The summed E-state index contributed by atoms with van der Waals surface area (Å²) >= 11 is 5.30. The molecule has 2 fully saturated rings. The van der Waals surface area contributed by atoms with Crippen molar-refractivity contribution in [2.45, 2.75) is 22.3 Å². The molecule has 0 spiro atoms. The van der Waals surface area contributed by atoms with E-state index in [-0.39, 0.29) is 11.2 Å². The van der Waals surface area contributed by atoms with Gasteiger partial charge < -0.3 is 5.32 Å². The highest BCUT2D eigenvalue weighted by molar-refractivity contribution is 9.11. The van der Waals surface area contributed by atoms with Gasteiger partial charge in [0.2, 0.25) is 5.91 Å². The van der Waals surface area contributed by atoms with E-state index in [0.717, 1.165) is 19.4 Å². The van der Waals surface area contributed by atoms with Crippen LogP contribution >= 0.6 is 27.7 Å². The van der Waals surface area contributed by atoms with Gasteiger partial charge in [0, 0.05) is 6.54 Å². The lowest BCUT2D eigenvalue weighted by Crippen LogP contribution is -2.41. The van der Waals surface area contributed by atoms with E-state index in [1.54, 1.807) is 11.8 Å². The van der Waals surface area contributed by atoms with Crippen LogP contribution in [-0.2, 0) is 4.79 Å². The van der Waals surface area contributed by atoms with Crippen LogP contribution in [0.4, 0.5) is 0 Å². The highest BCUT2D eigenvalue weighted by atomic mass is 79.9. The van der Waals surface area contributed by atoms with Gasteiger partial charge in [0.25, 0.3) is 0 Å². The average molecular weight is 236 g/mol. The zero-order valence-corrected chi connectivity index (χ0v) is 8.45. The average Bonchev–Trinajstić information content (AvgIpc) is 2.31. The second kappa shape index (κ2) is 2.98. The molecule has 3 unspecified atom stereocenters. The quantitative estimate of drug-likeness (QED) is 0.643. The summed E-state index contributed by atoms with van der Waals surface area (Å²) < 4.78 is 0.501. The Kier molecular flexibility index (Phi) is 2.14. The molecule has 3 atom stereocenters. The van der Waals surface area contributed by atoms with Crippen LogP contribution in [0.5, 0.6) is 0 Å². The first kappa shape index (κ1) is 7.92. The van der Waals surface area contributed by atoms with Crippen LogP contribution in [0.25, 0.3) is 0 Å². The molecule has 0 bridgehead atoms. The van der Waals surface area contributed by atoms with E-state index in [9.17, 15) is 4.79 Å². The minimum Gasteiger partial charge on any atom is -0.355 e. The van der Waals surface area contributed by atoms with Crippen molar-refractivity contribution in [2.24, 2.45) is 5.92 Å². The van der Waals surface area contributed by atoms with E-state index < -0.39 is 0 Å². The zero-order valence-electron chi connectivity index (χ0n) is 6.05. The molecule has 4 heteroatoms. The molecule has 0 saturated carbocycles. The molecule has 2 aliphatic rings. The largest absolute Gasteiger partial charge is 0.355 e. The van der Waals surface area contributed by atoms with E-state index >= 15 is 0 Å². The Labute approximate surface area is 78.6 Å². The normalized spacial score (nSPS) is 43.4. The number of amides is 1. The van der Waals surface area contributed by atoms with Crippen molar-refractivity contribution in [1.82, 2.24) is 5.32 Å². The van der Waals surface area contributed by atoms with Crippen molar-refractivity contribution in [3.05, 3.63) is 0 Å². The predicted octanol–water partition coefficient (Wildman–Crippen LogP) is 1.35. The van der Waals surface area contributed by atoms with Gasteiger partial charge in [-0.25, -0.2) is 0 Å². The lowest BCUT2D eigenvalue weighted by atomic mass is 9.95. The number of carbonyl (C=O) groups excluding carboxylic acids is 1. The summed E-state index contributed by atoms with van der Waals surface area (Å²) in [6.45, 7) is 0.875.